The van der Waals surface area contributed by atoms with Crippen LogP contribution in [0.25, 0.3) is 0 Å². The van der Waals surface area contributed by atoms with Crippen LogP contribution in [0, 0.1) is 17.3 Å². The third-order valence-corrected chi connectivity index (χ3v) is 8.99. The number of halogens is 1. The Kier molecular flexibility index (Phi) is 4.75. The molecule has 4 aliphatic carbocycles. The van der Waals surface area contributed by atoms with E-state index in [0.29, 0.717) is 12.2 Å². The summed E-state index contributed by atoms with van der Waals surface area (Å²) in [6.07, 6.45) is 7.51. The average Bonchev–Trinajstić information content (AvgIpc) is 2.99. The predicted octanol–water partition coefficient (Wildman–Crippen LogP) is 3.70. The van der Waals surface area contributed by atoms with Crippen molar-refractivity contribution in [3.8, 4) is 0 Å². The van der Waals surface area contributed by atoms with Crippen molar-refractivity contribution in [1.82, 2.24) is 4.31 Å². The maximum atomic E-state index is 12.5. The molecule has 0 radical (unpaired) electrons. The van der Waals surface area contributed by atoms with Crippen molar-refractivity contribution in [2.45, 2.75) is 61.0 Å². The number of hydrogen-bond acceptors (Lipinski definition) is 5. The van der Waals surface area contributed by atoms with Crippen molar-refractivity contribution < 1.29 is 22.4 Å². The first-order valence-electron chi connectivity index (χ1n) is 9.45. The molecule has 6 nitrogen and oxygen atoms in total. The van der Waals surface area contributed by atoms with Gasteiger partial charge < -0.3 is 9.15 Å². The van der Waals surface area contributed by atoms with Crippen molar-refractivity contribution in [3.63, 3.8) is 0 Å². The molecule has 0 spiro atoms. The molecule has 2 unspecified atom stereocenters. The van der Waals surface area contributed by atoms with Crippen LogP contribution in [0.1, 0.15) is 50.7 Å². The molecule has 0 aliphatic heterocycles. The lowest BCUT2D eigenvalue weighted by Gasteiger charge is -2.60. The summed E-state index contributed by atoms with van der Waals surface area (Å²) in [5.74, 6) is 1.57. The first kappa shape index (κ1) is 19.5. The zero-order valence-electron chi connectivity index (χ0n) is 15.7. The molecule has 2 atom stereocenters. The molecule has 8 heteroatoms. The molecular weight excluding hydrogens is 434 g/mol. The van der Waals surface area contributed by atoms with Crippen LogP contribution in [0.4, 0.5) is 0 Å². The van der Waals surface area contributed by atoms with Crippen LogP contribution in [0.5, 0.6) is 0 Å². The van der Waals surface area contributed by atoms with Gasteiger partial charge in [-0.3, -0.25) is 4.79 Å². The maximum absolute atomic E-state index is 12.5. The molecule has 4 aliphatic rings. The summed E-state index contributed by atoms with van der Waals surface area (Å²) in [5.41, 5.74) is 0.0628. The molecule has 4 fully saturated rings. The maximum Gasteiger partial charge on any atom is 0.306 e. The first-order chi connectivity index (χ1) is 12.6. The number of nitrogens with zero attached hydrogens (tertiary/aromatic N) is 1. The Labute approximate surface area is 168 Å². The molecule has 4 saturated carbocycles. The topological polar surface area (TPSA) is 76.8 Å². The minimum Gasteiger partial charge on any atom is -0.457 e. The SMILES string of the molecule is CN(C)S(=O)(=O)c1ccc(COC(=O)CC23CC4CC(CC(Br)(C4)C2)C3)o1. The molecule has 150 valence electrons. The number of furan rings is 1. The van der Waals surface area contributed by atoms with Gasteiger partial charge in [0.05, 0.1) is 6.42 Å². The summed E-state index contributed by atoms with van der Waals surface area (Å²) in [6, 6.07) is 2.94. The Bertz CT molecular complexity index is 832. The van der Waals surface area contributed by atoms with Gasteiger partial charge in [-0.15, -0.1) is 0 Å². The van der Waals surface area contributed by atoms with Gasteiger partial charge in [-0.25, -0.2) is 12.7 Å². The third-order valence-electron chi connectivity index (χ3n) is 6.38. The average molecular weight is 460 g/mol. The molecule has 4 bridgehead atoms. The van der Waals surface area contributed by atoms with Gasteiger partial charge in [-0.2, -0.15) is 0 Å². The fraction of sp³-hybridized carbons (Fsp3) is 0.737. The lowest BCUT2D eigenvalue weighted by Crippen LogP contribution is -2.53. The Balaban J connectivity index is 1.36. The van der Waals surface area contributed by atoms with E-state index in [1.54, 1.807) is 6.07 Å². The van der Waals surface area contributed by atoms with Gasteiger partial charge in [0.25, 0.3) is 10.0 Å². The fourth-order valence-electron chi connectivity index (χ4n) is 5.81. The highest BCUT2D eigenvalue weighted by Gasteiger charge is 2.57. The standard InChI is InChI=1S/C19H26BrNO5S/c1-21(2)27(23,24)17-4-3-15(26-17)11-25-16(22)10-18-6-13-5-14(7-18)9-19(20,8-13)12-18/h3-4,13-14H,5-12H2,1-2H3. The van der Waals surface area contributed by atoms with Gasteiger partial charge >= 0.3 is 5.97 Å². The Morgan fingerprint density at radius 3 is 2.52 bits per heavy atom. The molecule has 1 aromatic rings. The highest BCUT2D eigenvalue weighted by atomic mass is 79.9. The number of ether oxygens (including phenoxy) is 1. The van der Waals surface area contributed by atoms with E-state index in [1.807, 2.05) is 0 Å². The number of rotatable bonds is 6. The molecule has 27 heavy (non-hydrogen) atoms. The minimum atomic E-state index is -3.62. The largest absolute Gasteiger partial charge is 0.457 e. The van der Waals surface area contributed by atoms with Crippen LogP contribution in [-0.2, 0) is 26.2 Å². The van der Waals surface area contributed by atoms with E-state index in [0.717, 1.165) is 35.4 Å². The van der Waals surface area contributed by atoms with E-state index >= 15 is 0 Å². The zero-order chi connectivity index (χ0) is 19.4. The van der Waals surface area contributed by atoms with E-state index < -0.39 is 10.0 Å². The van der Waals surface area contributed by atoms with Crippen molar-refractivity contribution in [1.29, 1.82) is 0 Å². The number of alkyl halides is 1. The van der Waals surface area contributed by atoms with Crippen molar-refractivity contribution >= 4 is 31.9 Å². The summed E-state index contributed by atoms with van der Waals surface area (Å²) in [6.45, 7) is -0.0375. The lowest BCUT2D eigenvalue weighted by atomic mass is 9.49. The summed E-state index contributed by atoms with van der Waals surface area (Å²) in [7, 11) is -0.729. The van der Waals surface area contributed by atoms with Crippen molar-refractivity contribution in [3.05, 3.63) is 17.9 Å². The van der Waals surface area contributed by atoms with Crippen LogP contribution < -0.4 is 0 Å². The summed E-state index contributed by atoms with van der Waals surface area (Å²) >= 11 is 3.96. The lowest BCUT2D eigenvalue weighted by molar-refractivity contribution is -0.152. The van der Waals surface area contributed by atoms with E-state index in [2.05, 4.69) is 15.9 Å². The number of carbonyl (C=O) groups is 1. The number of esters is 1. The normalized spacial score (nSPS) is 35.0. The molecule has 0 saturated heterocycles. The molecular formula is C19H26BrNO5S. The number of carbonyl (C=O) groups excluding carboxylic acids is 1. The van der Waals surface area contributed by atoms with Gasteiger partial charge in [-0.1, -0.05) is 15.9 Å². The van der Waals surface area contributed by atoms with Crippen LogP contribution >= 0.6 is 15.9 Å². The minimum absolute atomic E-state index is 0.0375. The number of hydrogen-bond donors (Lipinski definition) is 0. The van der Waals surface area contributed by atoms with Crippen LogP contribution in [0.3, 0.4) is 0 Å². The molecule has 1 aromatic heterocycles. The van der Waals surface area contributed by atoms with Gasteiger partial charge in [0.1, 0.15) is 12.4 Å². The monoisotopic (exact) mass is 459 g/mol. The molecule has 0 amide bonds. The van der Waals surface area contributed by atoms with E-state index in [9.17, 15) is 13.2 Å². The van der Waals surface area contributed by atoms with E-state index in [4.69, 9.17) is 9.15 Å². The van der Waals surface area contributed by atoms with Crippen LogP contribution in [0.2, 0.25) is 0 Å². The molecule has 1 heterocycles. The van der Waals surface area contributed by atoms with Gasteiger partial charge in [-0.05, 0) is 67.9 Å². The van der Waals surface area contributed by atoms with Gasteiger partial charge in [0, 0.05) is 18.4 Å². The number of sulfonamides is 1. The van der Waals surface area contributed by atoms with Crippen molar-refractivity contribution in [2.24, 2.45) is 17.3 Å². The first-order valence-corrected chi connectivity index (χ1v) is 11.7. The smallest absolute Gasteiger partial charge is 0.306 e. The summed E-state index contributed by atoms with van der Waals surface area (Å²) in [4.78, 5) is 12.5. The van der Waals surface area contributed by atoms with E-state index in [1.165, 1.54) is 39.4 Å². The molecule has 0 N–H and O–H groups in total. The second kappa shape index (κ2) is 6.59. The second-order valence-electron chi connectivity index (χ2n) is 8.96. The third kappa shape index (κ3) is 3.72. The van der Waals surface area contributed by atoms with Crippen LogP contribution in [0.15, 0.2) is 21.6 Å². The highest BCUT2D eigenvalue weighted by molar-refractivity contribution is 9.10. The van der Waals surface area contributed by atoms with Crippen molar-refractivity contribution in [2.75, 3.05) is 14.1 Å². The van der Waals surface area contributed by atoms with Gasteiger partial charge in [0.2, 0.25) is 5.09 Å². The molecule has 5 rings (SSSR count). The summed E-state index contributed by atoms with van der Waals surface area (Å²) < 4.78 is 36.2. The quantitative estimate of drug-likeness (QED) is 0.478. The Morgan fingerprint density at radius 2 is 1.93 bits per heavy atom. The Hall–Kier alpha value is -0.860. The fourth-order valence-corrected chi connectivity index (χ4v) is 8.13. The highest BCUT2D eigenvalue weighted by Crippen LogP contribution is 2.65. The second-order valence-corrected chi connectivity index (χ2v) is 12.7. The Morgan fingerprint density at radius 1 is 1.26 bits per heavy atom. The van der Waals surface area contributed by atoms with Crippen LogP contribution in [-0.4, -0.2) is 37.1 Å². The summed E-state index contributed by atoms with van der Waals surface area (Å²) in [5, 5.41) is -0.138. The molecule has 0 aromatic carbocycles. The predicted molar refractivity (Wildman–Crippen MR) is 103 cm³/mol. The zero-order valence-corrected chi connectivity index (χ0v) is 18.1. The van der Waals surface area contributed by atoms with Gasteiger partial charge in [0.15, 0.2) is 0 Å². The van der Waals surface area contributed by atoms with E-state index in [-0.39, 0.29) is 27.4 Å².